The number of pyridine rings is 1. The Balaban J connectivity index is 1.73. The summed E-state index contributed by atoms with van der Waals surface area (Å²) in [5.41, 5.74) is 1.66. The van der Waals surface area contributed by atoms with Crippen LogP contribution in [0.15, 0.2) is 67.0 Å². The van der Waals surface area contributed by atoms with E-state index in [4.69, 9.17) is 9.47 Å². The molecule has 3 rings (SSSR count). The number of nitrogens with zero attached hydrogens (tertiary/aromatic N) is 1. The summed E-state index contributed by atoms with van der Waals surface area (Å²) in [7, 11) is 3.09. The zero-order valence-corrected chi connectivity index (χ0v) is 15.4. The average molecular weight is 377 g/mol. The third-order valence-electron chi connectivity index (χ3n) is 3.97. The molecule has 2 N–H and O–H groups in total. The first kappa shape index (κ1) is 18.9. The molecule has 0 radical (unpaired) electrons. The smallest absolute Gasteiger partial charge is 0.257 e. The van der Waals surface area contributed by atoms with Crippen LogP contribution in [0.1, 0.15) is 20.7 Å². The highest BCUT2D eigenvalue weighted by Gasteiger charge is 2.13. The molecular formula is C21H19N3O4. The summed E-state index contributed by atoms with van der Waals surface area (Å²) in [6.45, 7) is 0. The number of aromatic nitrogens is 1. The van der Waals surface area contributed by atoms with E-state index >= 15 is 0 Å². The Morgan fingerprint density at radius 2 is 1.46 bits per heavy atom. The molecule has 1 aromatic heterocycles. The Morgan fingerprint density at radius 3 is 2.11 bits per heavy atom. The molecule has 7 heteroatoms. The highest BCUT2D eigenvalue weighted by molar-refractivity contribution is 6.08. The zero-order chi connectivity index (χ0) is 19.9. The number of nitrogens with one attached hydrogen (secondary N) is 2. The van der Waals surface area contributed by atoms with Crippen LogP contribution >= 0.6 is 0 Å². The highest BCUT2D eigenvalue weighted by atomic mass is 16.5. The Kier molecular flexibility index (Phi) is 5.86. The van der Waals surface area contributed by atoms with Crippen LogP contribution in [0.3, 0.4) is 0 Å². The molecule has 0 fully saturated rings. The van der Waals surface area contributed by atoms with Crippen molar-refractivity contribution >= 4 is 23.2 Å². The van der Waals surface area contributed by atoms with Gasteiger partial charge in [-0.2, -0.15) is 0 Å². The summed E-state index contributed by atoms with van der Waals surface area (Å²) in [5.74, 6) is 0.465. The number of para-hydroxylation sites is 2. The molecule has 0 bridgehead atoms. The number of benzene rings is 2. The van der Waals surface area contributed by atoms with Gasteiger partial charge in [-0.1, -0.05) is 12.1 Å². The average Bonchev–Trinajstić information content (AvgIpc) is 2.74. The lowest BCUT2D eigenvalue weighted by Gasteiger charge is -2.10. The van der Waals surface area contributed by atoms with Gasteiger partial charge in [-0.15, -0.1) is 0 Å². The van der Waals surface area contributed by atoms with E-state index in [9.17, 15) is 9.59 Å². The Hall–Kier alpha value is -3.87. The van der Waals surface area contributed by atoms with Gasteiger partial charge in [0.15, 0.2) is 0 Å². The van der Waals surface area contributed by atoms with Crippen molar-refractivity contribution in [3.8, 4) is 11.5 Å². The summed E-state index contributed by atoms with van der Waals surface area (Å²) < 4.78 is 10.3. The number of carbonyl (C=O) groups is 2. The maximum Gasteiger partial charge on any atom is 0.257 e. The molecule has 0 atom stereocenters. The van der Waals surface area contributed by atoms with Gasteiger partial charge >= 0.3 is 0 Å². The van der Waals surface area contributed by atoms with Crippen molar-refractivity contribution in [3.63, 3.8) is 0 Å². The van der Waals surface area contributed by atoms with Crippen molar-refractivity contribution < 1.29 is 19.1 Å². The number of hydrogen-bond donors (Lipinski definition) is 2. The zero-order valence-electron chi connectivity index (χ0n) is 15.4. The lowest BCUT2D eigenvalue weighted by molar-refractivity contribution is 0.102. The van der Waals surface area contributed by atoms with Gasteiger partial charge in [0, 0.05) is 18.1 Å². The van der Waals surface area contributed by atoms with Gasteiger partial charge < -0.3 is 20.1 Å². The quantitative estimate of drug-likeness (QED) is 0.685. The predicted molar refractivity (Wildman–Crippen MR) is 106 cm³/mol. The molecule has 7 nitrogen and oxygen atoms in total. The highest BCUT2D eigenvalue weighted by Crippen LogP contribution is 2.23. The number of carbonyl (C=O) groups excluding carboxylic acids is 2. The minimum atomic E-state index is -0.393. The summed E-state index contributed by atoms with van der Waals surface area (Å²) in [6, 6.07) is 15.5. The largest absolute Gasteiger partial charge is 0.497 e. The Bertz CT molecular complexity index is 987. The first-order chi connectivity index (χ1) is 13.6. The number of methoxy groups -OCH3 is 2. The SMILES string of the molecule is COc1ccc(NC(=O)c2cncc(C(=O)Nc3ccccc3OC)c2)cc1. The molecule has 28 heavy (non-hydrogen) atoms. The third-order valence-corrected chi connectivity index (χ3v) is 3.97. The van der Waals surface area contributed by atoms with Crippen molar-refractivity contribution in [2.45, 2.75) is 0 Å². The van der Waals surface area contributed by atoms with Crippen LogP contribution in [0.25, 0.3) is 0 Å². The molecule has 0 aliphatic rings. The van der Waals surface area contributed by atoms with Gasteiger partial charge in [-0.25, -0.2) is 0 Å². The van der Waals surface area contributed by atoms with Crippen molar-refractivity contribution in [1.82, 2.24) is 4.98 Å². The third kappa shape index (κ3) is 4.45. The number of anilines is 2. The molecular weight excluding hydrogens is 358 g/mol. The van der Waals surface area contributed by atoms with Crippen LogP contribution in [-0.4, -0.2) is 31.0 Å². The number of rotatable bonds is 6. The standard InChI is InChI=1S/C21H19N3O4/c1-27-17-9-7-16(8-10-17)23-20(25)14-11-15(13-22-12-14)21(26)24-18-5-3-4-6-19(18)28-2/h3-13H,1-2H3,(H,23,25)(H,24,26). The van der Waals surface area contributed by atoms with Crippen LogP contribution < -0.4 is 20.1 Å². The van der Waals surface area contributed by atoms with Gasteiger partial charge in [0.2, 0.25) is 0 Å². The van der Waals surface area contributed by atoms with E-state index in [2.05, 4.69) is 15.6 Å². The van der Waals surface area contributed by atoms with Crippen LogP contribution in [-0.2, 0) is 0 Å². The first-order valence-electron chi connectivity index (χ1n) is 8.45. The second kappa shape index (κ2) is 8.68. The minimum Gasteiger partial charge on any atom is -0.497 e. The molecule has 2 aromatic carbocycles. The second-order valence-corrected chi connectivity index (χ2v) is 5.80. The molecule has 0 spiro atoms. The normalized spacial score (nSPS) is 10.1. The van der Waals surface area contributed by atoms with E-state index in [1.807, 2.05) is 0 Å². The molecule has 3 aromatic rings. The fourth-order valence-corrected chi connectivity index (χ4v) is 2.51. The molecule has 0 saturated heterocycles. The van der Waals surface area contributed by atoms with Crippen molar-refractivity contribution in [1.29, 1.82) is 0 Å². The monoisotopic (exact) mass is 377 g/mol. The fourth-order valence-electron chi connectivity index (χ4n) is 2.51. The summed E-state index contributed by atoms with van der Waals surface area (Å²) >= 11 is 0. The Morgan fingerprint density at radius 1 is 0.821 bits per heavy atom. The Labute approximate surface area is 162 Å². The fraction of sp³-hybridized carbons (Fsp3) is 0.0952. The van der Waals surface area contributed by atoms with E-state index in [1.165, 1.54) is 25.6 Å². The van der Waals surface area contributed by atoms with E-state index in [0.29, 0.717) is 22.9 Å². The van der Waals surface area contributed by atoms with Crippen LogP contribution in [0, 0.1) is 0 Å². The molecule has 0 aliphatic carbocycles. The van der Waals surface area contributed by atoms with Crippen molar-refractivity contribution in [3.05, 3.63) is 78.1 Å². The number of ether oxygens (including phenoxy) is 2. The van der Waals surface area contributed by atoms with E-state index < -0.39 is 5.91 Å². The lowest BCUT2D eigenvalue weighted by Crippen LogP contribution is -2.16. The number of amides is 2. The second-order valence-electron chi connectivity index (χ2n) is 5.80. The van der Waals surface area contributed by atoms with Gasteiger partial charge in [0.1, 0.15) is 11.5 Å². The maximum absolute atomic E-state index is 12.5. The van der Waals surface area contributed by atoms with Crippen molar-refractivity contribution in [2.75, 3.05) is 24.9 Å². The predicted octanol–water partition coefficient (Wildman–Crippen LogP) is 3.60. The summed E-state index contributed by atoms with van der Waals surface area (Å²) in [6.07, 6.45) is 2.80. The lowest BCUT2D eigenvalue weighted by atomic mass is 10.1. The van der Waals surface area contributed by atoms with Gasteiger partial charge in [-0.05, 0) is 42.5 Å². The number of hydrogen-bond acceptors (Lipinski definition) is 5. The van der Waals surface area contributed by atoms with Gasteiger partial charge in [0.25, 0.3) is 11.8 Å². The van der Waals surface area contributed by atoms with Crippen LogP contribution in [0.4, 0.5) is 11.4 Å². The first-order valence-corrected chi connectivity index (χ1v) is 8.45. The molecule has 0 saturated carbocycles. The van der Waals surface area contributed by atoms with E-state index in [-0.39, 0.29) is 17.0 Å². The van der Waals surface area contributed by atoms with Crippen molar-refractivity contribution in [2.24, 2.45) is 0 Å². The molecule has 2 amide bonds. The minimum absolute atomic E-state index is 0.258. The summed E-state index contributed by atoms with van der Waals surface area (Å²) in [4.78, 5) is 29.0. The van der Waals surface area contributed by atoms with E-state index in [0.717, 1.165) is 0 Å². The topological polar surface area (TPSA) is 89.5 Å². The van der Waals surface area contributed by atoms with Crippen LogP contribution in [0.2, 0.25) is 0 Å². The van der Waals surface area contributed by atoms with E-state index in [1.54, 1.807) is 55.6 Å². The van der Waals surface area contributed by atoms with Gasteiger partial charge in [0.05, 0.1) is 31.0 Å². The summed E-state index contributed by atoms with van der Waals surface area (Å²) in [5, 5.41) is 5.51. The molecule has 1 heterocycles. The van der Waals surface area contributed by atoms with Crippen LogP contribution in [0.5, 0.6) is 11.5 Å². The molecule has 142 valence electrons. The molecule has 0 unspecified atom stereocenters. The van der Waals surface area contributed by atoms with Gasteiger partial charge in [-0.3, -0.25) is 14.6 Å². The maximum atomic E-state index is 12.5. The molecule has 0 aliphatic heterocycles.